The summed E-state index contributed by atoms with van der Waals surface area (Å²) in [6, 6.07) is 7.03. The molecule has 1 spiro atoms. The van der Waals surface area contributed by atoms with Crippen LogP contribution in [-0.2, 0) is 5.41 Å². The lowest BCUT2D eigenvalue weighted by Crippen LogP contribution is -2.65. The summed E-state index contributed by atoms with van der Waals surface area (Å²) >= 11 is 1.22. The van der Waals surface area contributed by atoms with Crippen LogP contribution in [0.1, 0.15) is 53.8 Å². The fraction of sp³-hybridized carbons (Fsp3) is 0.591. The summed E-state index contributed by atoms with van der Waals surface area (Å²) in [6.45, 7) is 2.26. The lowest BCUT2D eigenvalue weighted by atomic mass is 9.77. The first-order valence-electron chi connectivity index (χ1n) is 10.5. The van der Waals surface area contributed by atoms with Gasteiger partial charge in [0, 0.05) is 10.2 Å². The highest BCUT2D eigenvalue weighted by atomic mass is 35.5. The normalized spacial score (nSPS) is 30.2. The first kappa shape index (κ1) is 20.6. The molecule has 1 unspecified atom stereocenters. The highest BCUT2D eigenvalue weighted by molar-refractivity contribution is 7.21. The molecule has 4 heterocycles. The number of nitrogens with one attached hydrogen (secondary N) is 1. The van der Waals surface area contributed by atoms with Crippen molar-refractivity contribution in [3.05, 3.63) is 34.7 Å². The van der Waals surface area contributed by atoms with Crippen LogP contribution >= 0.6 is 23.7 Å². The highest BCUT2D eigenvalue weighted by Crippen LogP contribution is 2.60. The molecule has 1 aromatic heterocycles. The molecule has 162 valence electrons. The Labute approximate surface area is 183 Å². The van der Waals surface area contributed by atoms with Gasteiger partial charge in [0.05, 0.1) is 16.3 Å². The van der Waals surface area contributed by atoms with E-state index in [1.807, 2.05) is 6.07 Å². The molecule has 3 aliphatic heterocycles. The molecule has 2 aromatic rings. The van der Waals surface area contributed by atoms with Gasteiger partial charge in [0.2, 0.25) is 0 Å². The Kier molecular flexibility index (Phi) is 4.53. The second kappa shape index (κ2) is 6.59. The maximum Gasteiger partial charge on any atom is 0.398 e. The molecule has 8 heteroatoms. The van der Waals surface area contributed by atoms with Crippen molar-refractivity contribution >= 4 is 39.7 Å². The Hall–Kier alpha value is -1.31. The Morgan fingerprint density at radius 3 is 2.43 bits per heavy atom. The Morgan fingerprint density at radius 1 is 1.13 bits per heavy atom. The first-order chi connectivity index (χ1) is 13.8. The van der Waals surface area contributed by atoms with E-state index in [0.29, 0.717) is 21.1 Å². The lowest BCUT2D eigenvalue weighted by Gasteiger charge is -2.52. The fourth-order valence-corrected chi connectivity index (χ4v) is 7.09. The molecule has 5 aliphatic rings. The van der Waals surface area contributed by atoms with Crippen molar-refractivity contribution < 1.29 is 18.0 Å². The number of alkyl halides is 3. The number of thiophene rings is 1. The predicted octanol–water partition coefficient (Wildman–Crippen LogP) is 5.27. The number of amides is 1. The Bertz CT molecular complexity index is 1000. The molecule has 3 saturated heterocycles. The molecule has 1 aromatic carbocycles. The molecule has 2 saturated carbocycles. The molecular formula is C22H24ClF3N2OS. The van der Waals surface area contributed by atoms with Gasteiger partial charge in [0.25, 0.3) is 5.91 Å². The van der Waals surface area contributed by atoms with Gasteiger partial charge in [-0.3, -0.25) is 9.69 Å². The first-order valence-corrected chi connectivity index (χ1v) is 11.3. The smallest absolute Gasteiger partial charge is 0.346 e. The predicted molar refractivity (Wildman–Crippen MR) is 114 cm³/mol. The van der Waals surface area contributed by atoms with Crippen LogP contribution < -0.4 is 5.32 Å². The van der Waals surface area contributed by atoms with Gasteiger partial charge in [0.1, 0.15) is 0 Å². The van der Waals surface area contributed by atoms with Crippen LogP contribution in [0.2, 0.25) is 0 Å². The van der Waals surface area contributed by atoms with Crippen molar-refractivity contribution in [2.24, 2.45) is 5.92 Å². The minimum atomic E-state index is -4.25. The topological polar surface area (TPSA) is 32.3 Å². The van der Waals surface area contributed by atoms with Gasteiger partial charge in [-0.1, -0.05) is 18.2 Å². The summed E-state index contributed by atoms with van der Waals surface area (Å²) in [5, 5.41) is 4.03. The van der Waals surface area contributed by atoms with Crippen molar-refractivity contribution in [1.29, 1.82) is 0 Å². The average molecular weight is 457 g/mol. The molecule has 1 amide bonds. The van der Waals surface area contributed by atoms with Crippen molar-refractivity contribution in [2.45, 2.75) is 61.7 Å². The zero-order chi connectivity index (χ0) is 20.0. The van der Waals surface area contributed by atoms with E-state index in [1.54, 1.807) is 18.2 Å². The largest absolute Gasteiger partial charge is 0.398 e. The molecule has 1 atom stereocenters. The summed E-state index contributed by atoms with van der Waals surface area (Å²) in [6.07, 6.45) is 0.545. The lowest BCUT2D eigenvalue weighted by molar-refractivity contribution is -0.160. The Morgan fingerprint density at radius 2 is 1.83 bits per heavy atom. The van der Waals surface area contributed by atoms with E-state index < -0.39 is 11.6 Å². The maximum atomic E-state index is 13.7. The van der Waals surface area contributed by atoms with Gasteiger partial charge >= 0.3 is 6.18 Å². The quantitative estimate of drug-likeness (QED) is 0.682. The molecule has 0 radical (unpaired) electrons. The van der Waals surface area contributed by atoms with Gasteiger partial charge in [-0.2, -0.15) is 13.2 Å². The number of carbonyl (C=O) groups is 1. The van der Waals surface area contributed by atoms with Crippen LogP contribution in [-0.4, -0.2) is 41.7 Å². The Balaban J connectivity index is 0.00000193. The van der Waals surface area contributed by atoms with Gasteiger partial charge in [-0.25, -0.2) is 0 Å². The number of rotatable bonds is 3. The third-order valence-corrected chi connectivity index (χ3v) is 9.03. The van der Waals surface area contributed by atoms with E-state index >= 15 is 0 Å². The van der Waals surface area contributed by atoms with E-state index in [9.17, 15) is 18.0 Å². The van der Waals surface area contributed by atoms with Crippen molar-refractivity contribution in [3.8, 4) is 0 Å². The SMILES string of the molecule is Cl.O=C(NC1C2CCN(CC2)C12CC2)c1cc2cccc(C3(C(F)(F)F)CC3)c2s1. The zero-order valence-electron chi connectivity index (χ0n) is 16.4. The second-order valence-electron chi connectivity index (χ2n) is 9.29. The summed E-state index contributed by atoms with van der Waals surface area (Å²) in [7, 11) is 0. The summed E-state index contributed by atoms with van der Waals surface area (Å²) in [4.78, 5) is 16.2. The second-order valence-corrected chi connectivity index (χ2v) is 10.3. The van der Waals surface area contributed by atoms with Gasteiger partial charge < -0.3 is 5.32 Å². The van der Waals surface area contributed by atoms with E-state index in [1.165, 1.54) is 11.3 Å². The van der Waals surface area contributed by atoms with E-state index in [0.717, 1.165) is 44.2 Å². The summed E-state index contributed by atoms with van der Waals surface area (Å²) in [5.41, 5.74) is -1.24. The van der Waals surface area contributed by atoms with Gasteiger partial charge in [-0.15, -0.1) is 23.7 Å². The molecule has 7 rings (SSSR count). The third-order valence-electron chi connectivity index (χ3n) is 7.84. The number of fused-ring (bicyclic) bond motifs is 3. The van der Waals surface area contributed by atoms with Gasteiger partial charge in [-0.05, 0) is 74.5 Å². The molecule has 2 aliphatic carbocycles. The zero-order valence-corrected chi connectivity index (χ0v) is 18.1. The standard InChI is InChI=1S/C22H23F3N2OS.ClH/c23-22(24,25)20(6-7-20)15-3-1-2-14-12-16(29-17(14)15)19(28)26-18-13-4-10-27(11-5-13)21(18)8-9-21;/h1-3,12-13,18H,4-11H2,(H,26,28);1H. The van der Waals surface area contributed by atoms with Crippen LogP contribution in [0.25, 0.3) is 10.1 Å². The summed E-state index contributed by atoms with van der Waals surface area (Å²) < 4.78 is 41.7. The number of piperidine rings is 3. The number of hydrogen-bond acceptors (Lipinski definition) is 3. The van der Waals surface area contributed by atoms with Crippen molar-refractivity contribution in [2.75, 3.05) is 13.1 Å². The van der Waals surface area contributed by atoms with Crippen LogP contribution in [0, 0.1) is 5.92 Å². The monoisotopic (exact) mass is 456 g/mol. The number of hydrogen-bond donors (Lipinski definition) is 1. The highest BCUT2D eigenvalue weighted by Gasteiger charge is 2.65. The number of halogens is 4. The maximum absolute atomic E-state index is 13.7. The van der Waals surface area contributed by atoms with Crippen LogP contribution in [0.4, 0.5) is 13.2 Å². The van der Waals surface area contributed by atoms with E-state index in [-0.39, 0.29) is 42.7 Å². The minimum absolute atomic E-state index is 0. The summed E-state index contributed by atoms with van der Waals surface area (Å²) in [5.74, 6) is 0.399. The van der Waals surface area contributed by atoms with Crippen molar-refractivity contribution in [3.63, 3.8) is 0 Å². The van der Waals surface area contributed by atoms with Gasteiger partial charge in [0.15, 0.2) is 0 Å². The molecule has 2 bridgehead atoms. The van der Waals surface area contributed by atoms with Crippen LogP contribution in [0.15, 0.2) is 24.3 Å². The molecule has 3 nitrogen and oxygen atoms in total. The average Bonchev–Trinajstić information content (AvgIpc) is 3.61. The van der Waals surface area contributed by atoms with Crippen LogP contribution in [0.3, 0.4) is 0 Å². The number of nitrogens with zero attached hydrogens (tertiary/aromatic N) is 1. The number of benzene rings is 1. The number of carbonyl (C=O) groups excluding carboxylic acids is 1. The molecular weight excluding hydrogens is 433 g/mol. The fourth-order valence-electron chi connectivity index (χ4n) is 5.92. The third kappa shape index (κ3) is 2.77. The van der Waals surface area contributed by atoms with Crippen molar-refractivity contribution in [1.82, 2.24) is 10.2 Å². The molecule has 5 fully saturated rings. The van der Waals surface area contributed by atoms with E-state index in [4.69, 9.17) is 0 Å². The van der Waals surface area contributed by atoms with Crippen LogP contribution in [0.5, 0.6) is 0 Å². The minimum Gasteiger partial charge on any atom is -0.346 e. The molecule has 30 heavy (non-hydrogen) atoms. The molecule has 1 N–H and O–H groups in total. The van der Waals surface area contributed by atoms with E-state index in [2.05, 4.69) is 10.2 Å².